The maximum Gasteiger partial charge on any atom is 0.336 e. The first-order valence-electron chi connectivity index (χ1n) is 8.93. The molecule has 0 fully saturated rings. The average Bonchev–Trinajstić information content (AvgIpc) is 2.75. The van der Waals surface area contributed by atoms with Gasteiger partial charge in [-0.2, -0.15) is 0 Å². The Morgan fingerprint density at radius 2 is 2.00 bits per heavy atom. The van der Waals surface area contributed by atoms with Gasteiger partial charge < -0.3 is 13.9 Å². The Morgan fingerprint density at radius 1 is 1.14 bits per heavy atom. The van der Waals surface area contributed by atoms with Crippen LogP contribution in [0, 0.1) is 0 Å². The van der Waals surface area contributed by atoms with Crippen molar-refractivity contribution < 1.29 is 18.7 Å². The van der Waals surface area contributed by atoms with Crippen LogP contribution in [0.2, 0.25) is 0 Å². The smallest absolute Gasteiger partial charge is 0.336 e. The third kappa shape index (κ3) is 4.01. The van der Waals surface area contributed by atoms with Crippen LogP contribution in [0.5, 0.6) is 5.75 Å². The second-order valence-corrected chi connectivity index (χ2v) is 6.32. The number of aromatic nitrogens is 1. The zero-order chi connectivity index (χ0) is 20.2. The third-order valence-electron chi connectivity index (χ3n) is 4.47. The van der Waals surface area contributed by atoms with Crippen LogP contribution in [-0.4, -0.2) is 18.1 Å². The molecule has 2 heterocycles. The largest absolute Gasteiger partial charge is 0.497 e. The number of fused-ring (bicyclic) bond motifs is 2. The van der Waals surface area contributed by atoms with E-state index in [2.05, 4.69) is 4.98 Å². The Labute approximate surface area is 166 Å². The van der Waals surface area contributed by atoms with Gasteiger partial charge in [-0.05, 0) is 24.3 Å². The Hall–Kier alpha value is -3.93. The summed E-state index contributed by atoms with van der Waals surface area (Å²) < 4.78 is 15.7. The molecule has 0 atom stereocenters. The van der Waals surface area contributed by atoms with Crippen molar-refractivity contribution in [3.05, 3.63) is 88.4 Å². The molecule has 2 aromatic heterocycles. The molecule has 0 spiro atoms. The minimum atomic E-state index is -0.521. The van der Waals surface area contributed by atoms with E-state index in [1.165, 1.54) is 19.3 Å². The number of carbonyl (C=O) groups excluding carboxylic acids is 1. The molecular weight excluding hydrogens is 370 g/mol. The number of benzene rings is 2. The summed E-state index contributed by atoms with van der Waals surface area (Å²) >= 11 is 0. The van der Waals surface area contributed by atoms with E-state index >= 15 is 0 Å². The average molecular weight is 387 g/mol. The van der Waals surface area contributed by atoms with Gasteiger partial charge in [-0.25, -0.2) is 9.59 Å². The molecule has 0 saturated heterocycles. The van der Waals surface area contributed by atoms with Gasteiger partial charge in [0.1, 0.15) is 17.9 Å². The second-order valence-electron chi connectivity index (χ2n) is 6.32. The Morgan fingerprint density at radius 3 is 2.86 bits per heavy atom. The Kier molecular flexibility index (Phi) is 5.07. The highest BCUT2D eigenvalue weighted by Gasteiger charge is 2.09. The fraction of sp³-hybridized carbons (Fsp3) is 0.0870. The number of esters is 1. The van der Waals surface area contributed by atoms with Gasteiger partial charge in [-0.1, -0.05) is 24.3 Å². The first-order valence-corrected chi connectivity index (χ1v) is 8.93. The lowest BCUT2D eigenvalue weighted by atomic mass is 10.1. The normalized spacial score (nSPS) is 11.2. The third-order valence-corrected chi connectivity index (χ3v) is 4.47. The van der Waals surface area contributed by atoms with E-state index in [9.17, 15) is 9.59 Å². The van der Waals surface area contributed by atoms with E-state index < -0.39 is 11.6 Å². The Bertz CT molecular complexity index is 1280. The van der Waals surface area contributed by atoms with Crippen molar-refractivity contribution in [1.29, 1.82) is 0 Å². The molecule has 0 aliphatic heterocycles. The summed E-state index contributed by atoms with van der Waals surface area (Å²) in [6.07, 6.45) is 4.72. The highest BCUT2D eigenvalue weighted by Crippen LogP contribution is 2.23. The summed E-state index contributed by atoms with van der Waals surface area (Å²) in [5.74, 6) is 0.0502. The summed E-state index contributed by atoms with van der Waals surface area (Å²) in [6, 6.07) is 16.0. The fourth-order valence-corrected chi connectivity index (χ4v) is 3.07. The van der Waals surface area contributed by atoms with E-state index in [1.54, 1.807) is 30.5 Å². The molecule has 4 aromatic rings. The van der Waals surface area contributed by atoms with E-state index in [0.717, 1.165) is 16.5 Å². The fourth-order valence-electron chi connectivity index (χ4n) is 3.07. The van der Waals surface area contributed by atoms with Gasteiger partial charge in [0.25, 0.3) is 0 Å². The highest BCUT2D eigenvalue weighted by atomic mass is 16.5. The molecule has 0 unspecified atom stereocenters. The molecule has 0 saturated carbocycles. The van der Waals surface area contributed by atoms with Crippen LogP contribution in [-0.2, 0) is 16.1 Å². The number of hydrogen-bond donors (Lipinski definition) is 0. The van der Waals surface area contributed by atoms with Crippen LogP contribution >= 0.6 is 0 Å². The molecule has 6 heteroatoms. The standard InChI is InChI=1S/C23H17NO5/c1-27-18-8-9-19-17(12-22(26)29-20(19)13-18)14-28-21(25)10-7-16-5-2-4-15-6-3-11-24-23(15)16/h2-13H,14H2,1H3/b10-7+. The van der Waals surface area contributed by atoms with Crippen molar-refractivity contribution in [1.82, 2.24) is 4.98 Å². The van der Waals surface area contributed by atoms with Gasteiger partial charge in [-0.3, -0.25) is 4.98 Å². The molecule has 4 rings (SSSR count). The Balaban J connectivity index is 1.52. The highest BCUT2D eigenvalue weighted by molar-refractivity contribution is 5.93. The summed E-state index contributed by atoms with van der Waals surface area (Å²) in [5, 5.41) is 1.67. The van der Waals surface area contributed by atoms with Crippen molar-refractivity contribution in [2.75, 3.05) is 7.11 Å². The van der Waals surface area contributed by atoms with Gasteiger partial charge in [0.15, 0.2) is 0 Å². The van der Waals surface area contributed by atoms with Crippen molar-refractivity contribution >= 4 is 33.9 Å². The summed E-state index contributed by atoms with van der Waals surface area (Å²) in [6.45, 7) is -0.0502. The van der Waals surface area contributed by atoms with Crippen LogP contribution in [0.15, 0.2) is 76.1 Å². The topological polar surface area (TPSA) is 78.6 Å². The van der Waals surface area contributed by atoms with Crippen LogP contribution in [0.25, 0.3) is 27.9 Å². The maximum absolute atomic E-state index is 12.2. The number of rotatable bonds is 5. The van der Waals surface area contributed by atoms with Crippen LogP contribution in [0.3, 0.4) is 0 Å². The molecule has 0 N–H and O–H groups in total. The molecule has 0 bridgehead atoms. The SMILES string of the molecule is COc1ccc2c(COC(=O)/C=C/c3cccc4cccnc34)cc(=O)oc2c1. The number of nitrogens with zero attached hydrogens (tertiary/aromatic N) is 1. The predicted octanol–water partition coefficient (Wildman–Crippen LogP) is 4.11. The number of carbonyl (C=O) groups is 1. The summed E-state index contributed by atoms with van der Waals surface area (Å²) in [5.41, 5.74) is 2.04. The van der Waals surface area contributed by atoms with Crippen molar-refractivity contribution in [2.24, 2.45) is 0 Å². The molecule has 29 heavy (non-hydrogen) atoms. The molecule has 0 radical (unpaired) electrons. The molecule has 0 amide bonds. The van der Waals surface area contributed by atoms with Gasteiger partial charge in [0.05, 0.1) is 12.6 Å². The minimum absolute atomic E-state index is 0.0502. The number of para-hydroxylation sites is 1. The molecular formula is C23H17NO5. The van der Waals surface area contributed by atoms with Crippen LogP contribution in [0.1, 0.15) is 11.1 Å². The quantitative estimate of drug-likeness (QED) is 0.291. The lowest BCUT2D eigenvalue weighted by molar-refractivity contribution is -0.138. The first-order chi connectivity index (χ1) is 14.1. The maximum atomic E-state index is 12.2. The van der Waals surface area contributed by atoms with Crippen molar-refractivity contribution in [3.8, 4) is 5.75 Å². The van der Waals surface area contributed by atoms with Crippen molar-refractivity contribution in [3.63, 3.8) is 0 Å². The van der Waals surface area contributed by atoms with Crippen molar-refractivity contribution in [2.45, 2.75) is 6.61 Å². The number of ether oxygens (including phenoxy) is 2. The molecule has 144 valence electrons. The first kappa shape index (κ1) is 18.4. The van der Waals surface area contributed by atoms with E-state index in [1.807, 2.05) is 30.3 Å². The zero-order valence-electron chi connectivity index (χ0n) is 15.6. The summed E-state index contributed by atoms with van der Waals surface area (Å²) in [7, 11) is 1.53. The molecule has 0 aliphatic carbocycles. The van der Waals surface area contributed by atoms with Gasteiger partial charge in [0.2, 0.25) is 0 Å². The van der Waals surface area contributed by atoms with E-state index in [4.69, 9.17) is 13.9 Å². The van der Waals surface area contributed by atoms with E-state index in [-0.39, 0.29) is 6.61 Å². The van der Waals surface area contributed by atoms with Gasteiger partial charge in [-0.15, -0.1) is 0 Å². The zero-order valence-corrected chi connectivity index (χ0v) is 15.6. The summed E-state index contributed by atoms with van der Waals surface area (Å²) in [4.78, 5) is 28.4. The lowest BCUT2D eigenvalue weighted by Gasteiger charge is -2.07. The number of methoxy groups -OCH3 is 1. The second kappa shape index (κ2) is 7.98. The molecule has 2 aromatic carbocycles. The molecule has 0 aliphatic rings. The molecule has 6 nitrogen and oxygen atoms in total. The van der Waals surface area contributed by atoms with Crippen LogP contribution < -0.4 is 10.4 Å². The van der Waals surface area contributed by atoms with E-state index in [0.29, 0.717) is 22.3 Å². The van der Waals surface area contributed by atoms with Crippen LogP contribution in [0.4, 0.5) is 0 Å². The lowest BCUT2D eigenvalue weighted by Crippen LogP contribution is -2.05. The monoisotopic (exact) mass is 387 g/mol. The van der Waals surface area contributed by atoms with Gasteiger partial charge >= 0.3 is 11.6 Å². The minimum Gasteiger partial charge on any atom is -0.497 e. The number of hydrogen-bond acceptors (Lipinski definition) is 6. The van der Waals surface area contributed by atoms with Gasteiger partial charge in [0, 0.05) is 46.3 Å². The predicted molar refractivity (Wildman–Crippen MR) is 110 cm³/mol. The number of pyridine rings is 1.